The molecule has 2 aliphatic rings. The number of ether oxygens (including phenoxy) is 1. The zero-order chi connectivity index (χ0) is 22.2. The van der Waals surface area contributed by atoms with E-state index in [1.807, 2.05) is 13.0 Å². The van der Waals surface area contributed by atoms with Crippen LogP contribution in [0.5, 0.6) is 0 Å². The second kappa shape index (κ2) is 8.39. The van der Waals surface area contributed by atoms with E-state index >= 15 is 0 Å². The van der Waals surface area contributed by atoms with Gasteiger partial charge in [-0.2, -0.15) is 0 Å². The maximum Gasteiger partial charge on any atom is 0.333 e. The van der Waals surface area contributed by atoms with E-state index in [0.717, 1.165) is 24.8 Å². The smallest absolute Gasteiger partial charge is 0.333 e. The number of aliphatic hydroxyl groups is 2. The Kier molecular flexibility index (Phi) is 6.91. The molecule has 0 amide bonds. The SMILES string of the molecule is C=CC(C)=CCC1C(C)(O)C(O)C(OC(=O)C(C)=CC)C2C(C)(C)CCCC21C. The lowest BCUT2D eigenvalue weighted by atomic mass is 9.43. The molecule has 0 bridgehead atoms. The number of hydrogen-bond donors (Lipinski definition) is 2. The molecule has 29 heavy (non-hydrogen) atoms. The molecular formula is C25H40O4. The maximum absolute atomic E-state index is 12.6. The molecule has 2 N–H and O–H groups in total. The summed E-state index contributed by atoms with van der Waals surface area (Å²) in [5.74, 6) is -0.616. The minimum Gasteiger partial charge on any atom is -0.456 e. The Hall–Kier alpha value is -1.39. The van der Waals surface area contributed by atoms with E-state index in [1.54, 1.807) is 26.8 Å². The molecule has 4 heteroatoms. The highest BCUT2D eigenvalue weighted by atomic mass is 16.6. The van der Waals surface area contributed by atoms with Gasteiger partial charge in [0.2, 0.25) is 0 Å². The number of rotatable bonds is 5. The molecule has 0 saturated heterocycles. The van der Waals surface area contributed by atoms with Gasteiger partial charge in [0.15, 0.2) is 0 Å². The third-order valence-corrected chi connectivity index (χ3v) is 7.82. The van der Waals surface area contributed by atoms with Crippen LogP contribution in [-0.2, 0) is 9.53 Å². The van der Waals surface area contributed by atoms with Crippen molar-refractivity contribution >= 4 is 5.97 Å². The Balaban J connectivity index is 2.57. The van der Waals surface area contributed by atoms with E-state index in [4.69, 9.17) is 4.74 Å². The average Bonchev–Trinajstić information content (AvgIpc) is 2.63. The molecule has 0 aromatic carbocycles. The number of allylic oxidation sites excluding steroid dienone is 4. The summed E-state index contributed by atoms with van der Waals surface area (Å²) in [7, 11) is 0. The number of fused-ring (bicyclic) bond motifs is 1. The molecule has 2 fully saturated rings. The van der Waals surface area contributed by atoms with Gasteiger partial charge in [0.25, 0.3) is 0 Å². The summed E-state index contributed by atoms with van der Waals surface area (Å²) < 4.78 is 5.91. The first-order valence-electron chi connectivity index (χ1n) is 10.9. The summed E-state index contributed by atoms with van der Waals surface area (Å²) in [6.45, 7) is 17.6. The highest BCUT2D eigenvalue weighted by molar-refractivity contribution is 5.87. The molecule has 0 radical (unpaired) electrons. The van der Waals surface area contributed by atoms with Crippen LogP contribution in [0.3, 0.4) is 0 Å². The lowest BCUT2D eigenvalue weighted by molar-refractivity contribution is -0.269. The molecule has 0 aromatic rings. The normalized spacial score (nSPS) is 40.2. The van der Waals surface area contributed by atoms with Crippen molar-refractivity contribution in [2.75, 3.05) is 0 Å². The van der Waals surface area contributed by atoms with Gasteiger partial charge in [-0.25, -0.2) is 4.79 Å². The summed E-state index contributed by atoms with van der Waals surface area (Å²) in [4.78, 5) is 12.6. The molecule has 2 saturated carbocycles. The van der Waals surface area contributed by atoms with Gasteiger partial charge in [0.05, 0.1) is 5.60 Å². The third kappa shape index (κ3) is 4.25. The van der Waals surface area contributed by atoms with Crippen LogP contribution in [-0.4, -0.2) is 34.0 Å². The summed E-state index contributed by atoms with van der Waals surface area (Å²) >= 11 is 0. The predicted octanol–water partition coefficient (Wildman–Crippen LogP) is 4.96. The lowest BCUT2D eigenvalue weighted by Crippen LogP contribution is -2.70. The standard InChI is InChI=1S/C25H40O4/c1-9-16(3)12-13-18-24(7)15-11-14-23(5,6)20(24)19(21(26)25(18,8)28)29-22(27)17(4)10-2/h9-10,12,18-21,26,28H,1,11,13-15H2,2-8H3. The van der Waals surface area contributed by atoms with Gasteiger partial charge >= 0.3 is 5.97 Å². The Labute approximate surface area is 176 Å². The van der Waals surface area contributed by atoms with Crippen molar-refractivity contribution in [1.29, 1.82) is 0 Å². The third-order valence-electron chi connectivity index (χ3n) is 7.82. The van der Waals surface area contributed by atoms with Crippen LogP contribution in [0.25, 0.3) is 0 Å². The molecule has 0 spiro atoms. The van der Waals surface area contributed by atoms with Crippen molar-refractivity contribution in [3.05, 3.63) is 36.0 Å². The largest absolute Gasteiger partial charge is 0.456 e. The molecule has 2 aliphatic carbocycles. The fraction of sp³-hybridized carbons (Fsp3) is 0.720. The highest BCUT2D eigenvalue weighted by Crippen LogP contribution is 2.63. The zero-order valence-electron chi connectivity index (χ0n) is 19.3. The lowest BCUT2D eigenvalue weighted by Gasteiger charge is -2.64. The first kappa shape index (κ1) is 23.9. The molecular weight excluding hydrogens is 364 g/mol. The van der Waals surface area contributed by atoms with Crippen molar-refractivity contribution in [2.24, 2.45) is 22.7 Å². The Bertz CT molecular complexity index is 700. The highest BCUT2D eigenvalue weighted by Gasteiger charge is 2.66. The number of carbonyl (C=O) groups is 1. The first-order chi connectivity index (χ1) is 13.3. The van der Waals surface area contributed by atoms with Gasteiger partial charge in [0.1, 0.15) is 12.2 Å². The molecule has 0 aliphatic heterocycles. The number of carbonyl (C=O) groups excluding carboxylic acids is 1. The van der Waals surface area contributed by atoms with Crippen LogP contribution >= 0.6 is 0 Å². The Morgan fingerprint density at radius 3 is 2.38 bits per heavy atom. The molecule has 2 rings (SSSR count). The van der Waals surface area contributed by atoms with Crippen LogP contribution in [0.1, 0.15) is 74.1 Å². The van der Waals surface area contributed by atoms with E-state index in [2.05, 4.69) is 33.4 Å². The molecule has 0 aromatic heterocycles. The molecule has 6 unspecified atom stereocenters. The van der Waals surface area contributed by atoms with Crippen LogP contribution in [0.15, 0.2) is 36.0 Å². The van der Waals surface area contributed by atoms with E-state index in [9.17, 15) is 15.0 Å². The number of esters is 1. The first-order valence-corrected chi connectivity index (χ1v) is 10.9. The van der Waals surface area contributed by atoms with Crippen molar-refractivity contribution in [2.45, 2.75) is 92.0 Å². The minimum atomic E-state index is -1.37. The summed E-state index contributed by atoms with van der Waals surface area (Å²) in [6, 6.07) is 0. The quantitative estimate of drug-likeness (QED) is 0.386. The van der Waals surface area contributed by atoms with Crippen LogP contribution < -0.4 is 0 Å². The van der Waals surface area contributed by atoms with Gasteiger partial charge in [-0.1, -0.05) is 57.6 Å². The zero-order valence-corrected chi connectivity index (χ0v) is 19.3. The Morgan fingerprint density at radius 1 is 1.21 bits per heavy atom. The second-order valence-corrected chi connectivity index (χ2v) is 10.3. The minimum absolute atomic E-state index is 0.0463. The van der Waals surface area contributed by atoms with Gasteiger partial charge in [-0.15, -0.1) is 0 Å². The van der Waals surface area contributed by atoms with Gasteiger partial charge < -0.3 is 14.9 Å². The fourth-order valence-corrected chi connectivity index (χ4v) is 6.09. The van der Waals surface area contributed by atoms with E-state index in [0.29, 0.717) is 12.0 Å². The maximum atomic E-state index is 12.6. The van der Waals surface area contributed by atoms with Crippen molar-refractivity contribution in [3.63, 3.8) is 0 Å². The molecule has 0 heterocycles. The topological polar surface area (TPSA) is 66.8 Å². The molecule has 4 nitrogen and oxygen atoms in total. The van der Waals surface area contributed by atoms with Gasteiger partial charge in [-0.05, 0) is 63.7 Å². The van der Waals surface area contributed by atoms with E-state index in [-0.39, 0.29) is 22.7 Å². The Morgan fingerprint density at radius 2 is 1.83 bits per heavy atom. The van der Waals surface area contributed by atoms with Crippen molar-refractivity contribution < 1.29 is 19.7 Å². The fourth-order valence-electron chi connectivity index (χ4n) is 6.09. The van der Waals surface area contributed by atoms with Crippen molar-refractivity contribution in [3.8, 4) is 0 Å². The van der Waals surface area contributed by atoms with Gasteiger partial charge in [-0.3, -0.25) is 0 Å². The van der Waals surface area contributed by atoms with Crippen molar-refractivity contribution in [1.82, 2.24) is 0 Å². The summed E-state index contributed by atoms with van der Waals surface area (Å²) in [5.41, 5.74) is -0.182. The predicted molar refractivity (Wildman–Crippen MR) is 117 cm³/mol. The van der Waals surface area contributed by atoms with E-state index in [1.165, 1.54) is 0 Å². The molecule has 6 atom stereocenters. The van der Waals surface area contributed by atoms with Gasteiger partial charge in [0, 0.05) is 11.5 Å². The summed E-state index contributed by atoms with van der Waals surface area (Å²) in [5, 5.41) is 22.8. The monoisotopic (exact) mass is 404 g/mol. The van der Waals surface area contributed by atoms with Crippen LogP contribution in [0.2, 0.25) is 0 Å². The second-order valence-electron chi connectivity index (χ2n) is 10.3. The average molecular weight is 405 g/mol. The number of aliphatic hydroxyl groups excluding tert-OH is 1. The van der Waals surface area contributed by atoms with Crippen LogP contribution in [0, 0.1) is 22.7 Å². The van der Waals surface area contributed by atoms with E-state index < -0.39 is 23.8 Å². The summed E-state index contributed by atoms with van der Waals surface area (Å²) in [6.07, 6.45) is 7.39. The number of hydrogen-bond acceptors (Lipinski definition) is 4. The molecule has 164 valence electrons. The van der Waals surface area contributed by atoms with Crippen LogP contribution in [0.4, 0.5) is 0 Å².